The lowest BCUT2D eigenvalue weighted by Gasteiger charge is -2.20. The molecule has 0 unspecified atom stereocenters. The first kappa shape index (κ1) is 11.5. The van der Waals surface area contributed by atoms with Gasteiger partial charge in [0.05, 0.1) is 26.4 Å². The molecule has 0 radical (unpaired) electrons. The van der Waals surface area contributed by atoms with Crippen molar-refractivity contribution in [1.29, 1.82) is 0 Å². The number of carbonyl (C=O) groups is 1. The van der Waals surface area contributed by atoms with Crippen LogP contribution >= 0.6 is 0 Å². The number of ketones is 1. The maximum Gasteiger partial charge on any atom is 0.194 e. The lowest BCUT2D eigenvalue weighted by Crippen LogP contribution is -2.44. The van der Waals surface area contributed by atoms with Gasteiger partial charge in [-0.15, -0.1) is 0 Å². The first-order valence-corrected chi connectivity index (χ1v) is 4.37. The van der Waals surface area contributed by atoms with Gasteiger partial charge in [0, 0.05) is 0 Å². The minimum absolute atomic E-state index is 0.00540. The number of Topliss-reactive ketones (excluding diaryl/α,β-unsaturated/α-hetero) is 1. The first-order chi connectivity index (χ1) is 6.66. The van der Waals surface area contributed by atoms with Crippen molar-refractivity contribution in [3.05, 3.63) is 0 Å². The molecule has 1 saturated heterocycles. The highest BCUT2D eigenvalue weighted by Crippen LogP contribution is 2.08. The molecule has 6 nitrogen and oxygen atoms in total. The van der Waals surface area contributed by atoms with Crippen LogP contribution in [-0.2, 0) is 14.3 Å². The summed E-state index contributed by atoms with van der Waals surface area (Å²) in [6, 6.07) is 0. The molecule has 0 saturated carbocycles. The van der Waals surface area contributed by atoms with Crippen LogP contribution in [0.25, 0.3) is 0 Å². The molecule has 1 fully saturated rings. The molecule has 0 bridgehead atoms. The fraction of sp³-hybridized carbons (Fsp3) is 0.875. The van der Waals surface area contributed by atoms with Crippen LogP contribution in [0.5, 0.6) is 0 Å². The van der Waals surface area contributed by atoms with Crippen LogP contribution < -0.4 is 0 Å². The van der Waals surface area contributed by atoms with Crippen molar-refractivity contribution in [2.45, 2.75) is 18.3 Å². The average Bonchev–Trinajstić information content (AvgIpc) is 2.40. The van der Waals surface area contributed by atoms with E-state index in [4.69, 9.17) is 19.7 Å². The summed E-state index contributed by atoms with van der Waals surface area (Å²) in [5, 5.41) is 27.0. The highest BCUT2D eigenvalue weighted by atomic mass is 16.6. The zero-order valence-corrected chi connectivity index (χ0v) is 7.63. The molecule has 0 aromatic heterocycles. The van der Waals surface area contributed by atoms with Gasteiger partial charge < -0.3 is 24.8 Å². The lowest BCUT2D eigenvalue weighted by atomic mass is 10.1. The second-order valence-electron chi connectivity index (χ2n) is 3.03. The minimum Gasteiger partial charge on any atom is -0.393 e. The van der Waals surface area contributed by atoms with Gasteiger partial charge in [0.25, 0.3) is 0 Å². The Labute approximate surface area is 81.1 Å². The van der Waals surface area contributed by atoms with Crippen LogP contribution in [0.3, 0.4) is 0 Å². The summed E-state index contributed by atoms with van der Waals surface area (Å²) >= 11 is 0. The van der Waals surface area contributed by atoms with Gasteiger partial charge in [-0.25, -0.2) is 0 Å². The predicted molar refractivity (Wildman–Crippen MR) is 44.7 cm³/mol. The molecule has 3 N–H and O–H groups in total. The van der Waals surface area contributed by atoms with E-state index in [1.54, 1.807) is 0 Å². The first-order valence-electron chi connectivity index (χ1n) is 4.37. The third kappa shape index (κ3) is 2.73. The van der Waals surface area contributed by atoms with Gasteiger partial charge in [0.15, 0.2) is 5.78 Å². The molecule has 0 aromatic rings. The highest BCUT2D eigenvalue weighted by Gasteiger charge is 2.33. The Morgan fingerprint density at radius 1 is 1.50 bits per heavy atom. The fourth-order valence-electron chi connectivity index (χ4n) is 1.19. The van der Waals surface area contributed by atoms with Gasteiger partial charge in [-0.05, 0) is 0 Å². The Balaban J connectivity index is 2.58. The SMILES string of the molecule is O=C([C@H](O)CO)[C@@H]1OCCOC[C@H]1O. The molecular formula is C8H14O6. The van der Waals surface area contributed by atoms with Crippen LogP contribution in [-0.4, -0.2) is 65.8 Å². The van der Waals surface area contributed by atoms with Gasteiger partial charge in [0.1, 0.15) is 18.3 Å². The fourth-order valence-corrected chi connectivity index (χ4v) is 1.19. The molecule has 82 valence electrons. The maximum atomic E-state index is 11.3. The number of hydrogen-bond acceptors (Lipinski definition) is 6. The highest BCUT2D eigenvalue weighted by molar-refractivity contribution is 5.87. The van der Waals surface area contributed by atoms with Gasteiger partial charge in [0.2, 0.25) is 0 Å². The molecule has 1 heterocycles. The standard InChI is InChI=1S/C8H14O6/c9-3-5(10)7(12)8-6(11)4-13-1-2-14-8/h5-6,8-11H,1-4H2/t5-,6-,8-/m1/s1. The van der Waals surface area contributed by atoms with E-state index >= 15 is 0 Å². The van der Waals surface area contributed by atoms with E-state index in [-0.39, 0.29) is 13.2 Å². The Hall–Kier alpha value is -0.530. The van der Waals surface area contributed by atoms with E-state index in [1.807, 2.05) is 0 Å². The van der Waals surface area contributed by atoms with Gasteiger partial charge in [-0.1, -0.05) is 0 Å². The van der Waals surface area contributed by atoms with Gasteiger partial charge in [-0.2, -0.15) is 0 Å². The number of aliphatic hydroxyl groups is 3. The number of carbonyl (C=O) groups excluding carboxylic acids is 1. The van der Waals surface area contributed by atoms with Crippen molar-refractivity contribution < 1.29 is 29.6 Å². The molecule has 0 spiro atoms. The molecule has 0 aromatic carbocycles. The summed E-state index contributed by atoms with van der Waals surface area (Å²) < 4.78 is 9.93. The Kier molecular flexibility index (Phi) is 4.43. The van der Waals surface area contributed by atoms with Crippen molar-refractivity contribution in [3.63, 3.8) is 0 Å². The van der Waals surface area contributed by atoms with Crippen molar-refractivity contribution in [2.75, 3.05) is 26.4 Å². The van der Waals surface area contributed by atoms with Gasteiger partial charge >= 0.3 is 0 Å². The summed E-state index contributed by atoms with van der Waals surface area (Å²) in [5.41, 5.74) is 0. The lowest BCUT2D eigenvalue weighted by molar-refractivity contribution is -0.147. The molecule has 0 aliphatic carbocycles. The van der Waals surface area contributed by atoms with Crippen LogP contribution in [0.1, 0.15) is 0 Å². The van der Waals surface area contributed by atoms with Crippen molar-refractivity contribution in [3.8, 4) is 0 Å². The molecular weight excluding hydrogens is 192 g/mol. The van der Waals surface area contributed by atoms with Crippen LogP contribution in [0.2, 0.25) is 0 Å². The van der Waals surface area contributed by atoms with Crippen LogP contribution in [0, 0.1) is 0 Å². The Morgan fingerprint density at radius 2 is 2.21 bits per heavy atom. The van der Waals surface area contributed by atoms with E-state index in [1.165, 1.54) is 0 Å². The zero-order chi connectivity index (χ0) is 10.6. The van der Waals surface area contributed by atoms with Crippen LogP contribution in [0.4, 0.5) is 0 Å². The van der Waals surface area contributed by atoms with Crippen molar-refractivity contribution >= 4 is 5.78 Å². The second-order valence-corrected chi connectivity index (χ2v) is 3.03. The predicted octanol–water partition coefficient (Wildman–Crippen LogP) is -2.31. The smallest absolute Gasteiger partial charge is 0.194 e. The second kappa shape index (κ2) is 5.38. The quantitative estimate of drug-likeness (QED) is 0.480. The molecule has 6 heteroatoms. The Morgan fingerprint density at radius 3 is 2.86 bits per heavy atom. The topological polar surface area (TPSA) is 96.2 Å². The summed E-state index contributed by atoms with van der Waals surface area (Å²) in [4.78, 5) is 11.3. The number of hydrogen-bond donors (Lipinski definition) is 3. The average molecular weight is 206 g/mol. The molecule has 1 aliphatic rings. The van der Waals surface area contributed by atoms with E-state index in [9.17, 15) is 9.90 Å². The molecule has 1 aliphatic heterocycles. The van der Waals surface area contributed by atoms with E-state index < -0.39 is 30.7 Å². The van der Waals surface area contributed by atoms with E-state index in [0.29, 0.717) is 6.61 Å². The molecule has 0 amide bonds. The number of rotatable bonds is 3. The van der Waals surface area contributed by atoms with E-state index in [0.717, 1.165) is 0 Å². The Bertz CT molecular complexity index is 194. The summed E-state index contributed by atoms with van der Waals surface area (Å²) in [5.74, 6) is -0.717. The van der Waals surface area contributed by atoms with E-state index in [2.05, 4.69) is 0 Å². The van der Waals surface area contributed by atoms with Crippen molar-refractivity contribution in [2.24, 2.45) is 0 Å². The normalized spacial score (nSPS) is 30.8. The summed E-state index contributed by atoms with van der Waals surface area (Å²) in [6.07, 6.45) is -3.71. The van der Waals surface area contributed by atoms with Crippen molar-refractivity contribution in [1.82, 2.24) is 0 Å². The third-order valence-corrected chi connectivity index (χ3v) is 1.94. The number of ether oxygens (including phenoxy) is 2. The zero-order valence-electron chi connectivity index (χ0n) is 7.63. The van der Waals surface area contributed by atoms with Gasteiger partial charge in [-0.3, -0.25) is 4.79 Å². The maximum absolute atomic E-state index is 11.3. The monoisotopic (exact) mass is 206 g/mol. The molecule has 1 rings (SSSR count). The minimum atomic E-state index is -1.51. The summed E-state index contributed by atoms with van der Waals surface area (Å²) in [7, 11) is 0. The molecule has 3 atom stereocenters. The summed E-state index contributed by atoms with van der Waals surface area (Å²) in [6.45, 7) is -0.192. The third-order valence-electron chi connectivity index (χ3n) is 1.94. The largest absolute Gasteiger partial charge is 0.393 e. The number of aliphatic hydroxyl groups excluding tert-OH is 3. The van der Waals surface area contributed by atoms with Crippen LogP contribution in [0.15, 0.2) is 0 Å². The molecule has 14 heavy (non-hydrogen) atoms.